The predicted octanol–water partition coefficient (Wildman–Crippen LogP) is 6.59. The fourth-order valence-corrected chi connectivity index (χ4v) is 3.86. The Bertz CT molecular complexity index is 393. The second-order valence-electron chi connectivity index (χ2n) is 9.58. The highest BCUT2D eigenvalue weighted by Crippen LogP contribution is 2.22. The average molecular weight is 413 g/mol. The third-order valence-corrected chi connectivity index (χ3v) is 6.03. The summed E-state index contributed by atoms with van der Waals surface area (Å²) in [5.41, 5.74) is 3.89. The highest BCUT2D eigenvalue weighted by atomic mass is 16.3. The number of nitrogens with one attached hydrogen (secondary N) is 1. The van der Waals surface area contributed by atoms with E-state index in [9.17, 15) is 9.90 Å². The van der Waals surface area contributed by atoms with Crippen molar-refractivity contribution in [2.24, 2.45) is 5.73 Å². The van der Waals surface area contributed by atoms with Gasteiger partial charge in [0.2, 0.25) is 5.91 Å². The van der Waals surface area contributed by atoms with Crippen molar-refractivity contribution in [3.63, 3.8) is 0 Å². The molecule has 0 saturated heterocycles. The molecule has 4 N–H and O–H groups in total. The molecular weight excluding hydrogens is 360 g/mol. The van der Waals surface area contributed by atoms with E-state index in [-0.39, 0.29) is 5.91 Å². The molecule has 174 valence electrons. The van der Waals surface area contributed by atoms with Crippen molar-refractivity contribution in [3.05, 3.63) is 0 Å². The molecular formula is C25H52N2O2. The van der Waals surface area contributed by atoms with Gasteiger partial charge in [-0.3, -0.25) is 4.79 Å². The summed E-state index contributed by atoms with van der Waals surface area (Å²) in [7, 11) is 0. The Hall–Kier alpha value is -0.610. The third kappa shape index (κ3) is 14.9. The Kier molecular flexibility index (Phi) is 16.7. The van der Waals surface area contributed by atoms with Crippen molar-refractivity contribution in [2.45, 2.75) is 155 Å². The largest absolute Gasteiger partial charge is 0.369 e. The van der Waals surface area contributed by atoms with Crippen LogP contribution >= 0.6 is 0 Å². The Balaban J connectivity index is 3.55. The van der Waals surface area contributed by atoms with Crippen LogP contribution in [0.2, 0.25) is 0 Å². The molecule has 0 bridgehead atoms. The second kappa shape index (κ2) is 17.1. The first-order chi connectivity index (χ1) is 13.8. The van der Waals surface area contributed by atoms with E-state index >= 15 is 0 Å². The van der Waals surface area contributed by atoms with Gasteiger partial charge in [0.05, 0.1) is 5.54 Å². The third-order valence-electron chi connectivity index (χ3n) is 6.03. The zero-order chi connectivity index (χ0) is 22.0. The summed E-state index contributed by atoms with van der Waals surface area (Å²) in [6.45, 7) is 7.78. The van der Waals surface area contributed by atoms with Gasteiger partial charge in [-0.15, -0.1) is 0 Å². The number of carbonyl (C=O) groups excluding carboxylic acids is 1. The SMILES string of the molecule is CCCCCCCCCCCCCCCCCC(=O)NC(O)(CCC)C(C)(C)N. The standard InChI is InChI=1S/C25H52N2O2/c1-5-7-8-9-10-11-12-13-14-15-16-17-18-19-20-21-23(28)27-25(29,22-6-2)24(3,4)26/h29H,5-22,26H2,1-4H3,(H,27,28). The van der Waals surface area contributed by atoms with Gasteiger partial charge in [-0.2, -0.15) is 0 Å². The lowest BCUT2D eigenvalue weighted by atomic mass is 9.87. The maximum Gasteiger partial charge on any atom is 0.222 e. The van der Waals surface area contributed by atoms with Crippen molar-refractivity contribution in [1.82, 2.24) is 5.32 Å². The van der Waals surface area contributed by atoms with E-state index < -0.39 is 11.3 Å². The van der Waals surface area contributed by atoms with Crippen molar-refractivity contribution < 1.29 is 9.90 Å². The fourth-order valence-electron chi connectivity index (χ4n) is 3.86. The molecule has 0 aliphatic carbocycles. The normalized spacial score (nSPS) is 14.0. The van der Waals surface area contributed by atoms with Gasteiger partial charge in [-0.1, -0.05) is 110 Å². The smallest absolute Gasteiger partial charge is 0.222 e. The van der Waals surface area contributed by atoms with Crippen LogP contribution in [0.15, 0.2) is 0 Å². The van der Waals surface area contributed by atoms with E-state index in [1.165, 1.54) is 83.5 Å². The van der Waals surface area contributed by atoms with Gasteiger partial charge in [-0.25, -0.2) is 0 Å². The lowest BCUT2D eigenvalue weighted by Crippen LogP contribution is -2.66. The molecule has 1 amide bonds. The average Bonchev–Trinajstić information content (AvgIpc) is 2.64. The molecule has 0 saturated carbocycles. The molecule has 0 fully saturated rings. The number of rotatable bonds is 20. The second-order valence-corrected chi connectivity index (χ2v) is 9.58. The van der Waals surface area contributed by atoms with Gasteiger partial charge in [0.15, 0.2) is 5.72 Å². The first kappa shape index (κ1) is 28.4. The van der Waals surface area contributed by atoms with Gasteiger partial charge >= 0.3 is 0 Å². The Morgan fingerprint density at radius 2 is 1.10 bits per heavy atom. The van der Waals surface area contributed by atoms with Crippen LogP contribution in [-0.2, 0) is 4.79 Å². The number of aliphatic hydroxyl groups is 1. The molecule has 0 aromatic carbocycles. The molecule has 0 aliphatic rings. The maximum atomic E-state index is 12.2. The molecule has 0 aliphatic heterocycles. The van der Waals surface area contributed by atoms with Crippen molar-refractivity contribution in [2.75, 3.05) is 0 Å². The van der Waals surface area contributed by atoms with E-state index in [2.05, 4.69) is 12.2 Å². The van der Waals surface area contributed by atoms with Gasteiger partial charge in [0, 0.05) is 6.42 Å². The van der Waals surface area contributed by atoms with Gasteiger partial charge in [0.25, 0.3) is 0 Å². The Labute approximate surface area is 181 Å². The van der Waals surface area contributed by atoms with Crippen LogP contribution < -0.4 is 11.1 Å². The lowest BCUT2D eigenvalue weighted by Gasteiger charge is -2.40. The van der Waals surface area contributed by atoms with Gasteiger partial charge < -0.3 is 16.2 Å². The summed E-state index contributed by atoms with van der Waals surface area (Å²) < 4.78 is 0. The highest BCUT2D eigenvalue weighted by Gasteiger charge is 2.40. The monoisotopic (exact) mass is 412 g/mol. The number of unbranched alkanes of at least 4 members (excludes halogenated alkanes) is 14. The van der Waals surface area contributed by atoms with Gasteiger partial charge in [-0.05, 0) is 26.7 Å². The van der Waals surface area contributed by atoms with Crippen molar-refractivity contribution in [3.8, 4) is 0 Å². The maximum absolute atomic E-state index is 12.2. The highest BCUT2D eigenvalue weighted by molar-refractivity contribution is 5.76. The van der Waals surface area contributed by atoms with E-state index in [1.54, 1.807) is 13.8 Å². The van der Waals surface area contributed by atoms with Crippen molar-refractivity contribution >= 4 is 5.91 Å². The lowest BCUT2D eigenvalue weighted by molar-refractivity contribution is -0.134. The molecule has 0 radical (unpaired) electrons. The topological polar surface area (TPSA) is 75.3 Å². The van der Waals surface area contributed by atoms with E-state index in [1.807, 2.05) is 6.92 Å². The number of carbonyl (C=O) groups is 1. The summed E-state index contributed by atoms with van der Waals surface area (Å²) in [5.74, 6) is -0.0887. The van der Waals surface area contributed by atoms with E-state index in [0.717, 1.165) is 19.3 Å². The van der Waals surface area contributed by atoms with Crippen LogP contribution in [0.5, 0.6) is 0 Å². The number of amides is 1. The summed E-state index contributed by atoms with van der Waals surface area (Å²) in [6, 6.07) is 0. The fraction of sp³-hybridized carbons (Fsp3) is 0.960. The van der Waals surface area contributed by atoms with E-state index in [0.29, 0.717) is 12.8 Å². The number of nitrogens with two attached hydrogens (primary N) is 1. The summed E-state index contributed by atoms with van der Waals surface area (Å²) >= 11 is 0. The van der Waals surface area contributed by atoms with Crippen LogP contribution in [0, 0.1) is 0 Å². The van der Waals surface area contributed by atoms with Crippen LogP contribution in [0.25, 0.3) is 0 Å². The molecule has 0 aromatic rings. The predicted molar refractivity (Wildman–Crippen MR) is 126 cm³/mol. The zero-order valence-electron chi connectivity index (χ0n) is 20.2. The molecule has 4 heteroatoms. The van der Waals surface area contributed by atoms with Crippen LogP contribution in [-0.4, -0.2) is 22.3 Å². The molecule has 4 nitrogen and oxygen atoms in total. The van der Waals surface area contributed by atoms with Crippen LogP contribution in [0.3, 0.4) is 0 Å². The van der Waals surface area contributed by atoms with Crippen LogP contribution in [0.4, 0.5) is 0 Å². The molecule has 0 heterocycles. The first-order valence-corrected chi connectivity index (χ1v) is 12.6. The molecule has 1 unspecified atom stereocenters. The Morgan fingerprint density at radius 1 is 0.724 bits per heavy atom. The minimum absolute atomic E-state index is 0.0887. The van der Waals surface area contributed by atoms with Gasteiger partial charge in [0.1, 0.15) is 0 Å². The summed E-state index contributed by atoms with van der Waals surface area (Å²) in [4.78, 5) is 12.2. The minimum atomic E-state index is -1.33. The molecule has 0 spiro atoms. The van der Waals surface area contributed by atoms with E-state index in [4.69, 9.17) is 5.73 Å². The quantitative estimate of drug-likeness (QED) is 0.156. The van der Waals surface area contributed by atoms with Crippen molar-refractivity contribution in [1.29, 1.82) is 0 Å². The molecule has 29 heavy (non-hydrogen) atoms. The Morgan fingerprint density at radius 3 is 1.45 bits per heavy atom. The zero-order valence-corrected chi connectivity index (χ0v) is 20.2. The molecule has 0 rings (SSSR count). The summed E-state index contributed by atoms with van der Waals surface area (Å²) in [5, 5.41) is 13.5. The summed E-state index contributed by atoms with van der Waals surface area (Å²) in [6.07, 6.45) is 21.4. The number of hydrogen-bond donors (Lipinski definition) is 3. The minimum Gasteiger partial charge on any atom is -0.369 e. The molecule has 1 atom stereocenters. The number of hydrogen-bond acceptors (Lipinski definition) is 3. The first-order valence-electron chi connectivity index (χ1n) is 12.6. The molecule has 0 aromatic heterocycles. The van der Waals surface area contributed by atoms with Crippen LogP contribution in [0.1, 0.15) is 143 Å².